The zero-order valence-corrected chi connectivity index (χ0v) is 48.8. The van der Waals surface area contributed by atoms with Crippen LogP contribution in [0.15, 0.2) is 0 Å². The highest BCUT2D eigenvalue weighted by Gasteiger charge is 2.58. The Hall–Kier alpha value is -3.40. The van der Waals surface area contributed by atoms with E-state index in [1.54, 1.807) is 0 Å². The van der Waals surface area contributed by atoms with E-state index in [1.165, 1.54) is 0 Å². The maximum absolute atomic E-state index is 12.7. The molecule has 6 fully saturated rings. The molecule has 6 aliphatic heterocycles. The first-order chi connectivity index (χ1) is 42.5. The van der Waals surface area contributed by atoms with Gasteiger partial charge < -0.3 is 180 Å². The van der Waals surface area contributed by atoms with Gasteiger partial charge in [-0.1, -0.05) is 0 Å². The van der Waals surface area contributed by atoms with E-state index in [4.69, 9.17) is 56.8 Å². The molecule has 0 aromatic heterocycles. The summed E-state index contributed by atoms with van der Waals surface area (Å²) >= 11 is 0. The number of rotatable bonds is 27. The molecule has 0 aliphatic carbocycles. The number of carbonyl (C=O) groups excluding carboxylic acids is 4. The second kappa shape index (κ2) is 33.8. The highest BCUT2D eigenvalue weighted by molar-refractivity contribution is 5.74. The van der Waals surface area contributed by atoms with Crippen molar-refractivity contribution in [2.75, 3.05) is 52.9 Å². The van der Waals surface area contributed by atoms with Crippen LogP contribution in [0.1, 0.15) is 27.7 Å². The van der Waals surface area contributed by atoms with Gasteiger partial charge in [-0.15, -0.1) is 0 Å². The number of ether oxygens (including phenoxy) is 12. The van der Waals surface area contributed by atoms with Crippen molar-refractivity contribution in [3.63, 3.8) is 0 Å². The van der Waals surface area contributed by atoms with Crippen LogP contribution in [0.25, 0.3) is 0 Å². The SMILES string of the molecule is CC(=O)N[C@H]1[C@H](O[C@@H]([C@H](O)[C@H](CO)NC(C)=O)[C@H](O)CO)O[C@H](CO)[C@@H](O[C@@H]2O[C@H](CO[C@H]3O[C@H](CO[C@@H]4O[C@H](CO)[C@@H](O)[C@H](O)[C@H]4NC(C)=O)[C@@H](O)[C@H](O)[C@@H]3O[C@@H]3O[C@H](CO)[C@@H](O)[C@H](O)[C@H]3NC(C)=O)[C@@H](O)[C@H](O[C@H]3O[C@H](CO)[C@@H](O)[C@H](O)[C@@H]3O)[C@@H]2O)[C@@H]1O. The fraction of sp³-hybridized carbons (Fsp3) is 0.920. The van der Waals surface area contributed by atoms with Crippen molar-refractivity contribution in [1.82, 2.24) is 21.3 Å². The summed E-state index contributed by atoms with van der Waals surface area (Å²) < 4.78 is 70.5. The molecule has 0 aromatic rings. The lowest BCUT2D eigenvalue weighted by Crippen LogP contribution is -2.69. The van der Waals surface area contributed by atoms with Crippen LogP contribution in [-0.2, 0) is 76.0 Å². The molecule has 0 unspecified atom stereocenters. The predicted octanol–water partition coefficient (Wildman–Crippen LogP) is -16.1. The fourth-order valence-electron chi connectivity index (χ4n) is 11.0. The van der Waals surface area contributed by atoms with Gasteiger partial charge in [-0.25, -0.2) is 0 Å². The van der Waals surface area contributed by atoms with Crippen molar-refractivity contribution in [1.29, 1.82) is 0 Å². The number of nitrogens with one attached hydrogen (secondary N) is 4. The third kappa shape index (κ3) is 17.7. The summed E-state index contributed by atoms with van der Waals surface area (Å²) in [4.78, 5) is 49.2. The zero-order chi connectivity index (χ0) is 66.9. The molecule has 0 bridgehead atoms. The molecular formula is C50H86N4O36. The minimum atomic E-state index is -2.39. The first kappa shape index (κ1) is 75.6. The van der Waals surface area contributed by atoms with Crippen LogP contribution in [0.4, 0.5) is 0 Å². The molecule has 6 rings (SSSR count). The predicted molar refractivity (Wildman–Crippen MR) is 280 cm³/mol. The van der Waals surface area contributed by atoms with Gasteiger partial charge in [0.05, 0.1) is 58.9 Å². The Kier molecular flexibility index (Phi) is 28.4. The number of hydrogen-bond donors (Lipinski definition) is 24. The van der Waals surface area contributed by atoms with E-state index in [1.807, 2.05) is 0 Å². The maximum atomic E-state index is 12.7. The second-order valence-electron chi connectivity index (χ2n) is 22.4. The lowest BCUT2D eigenvalue weighted by Gasteiger charge is -2.50. The van der Waals surface area contributed by atoms with Crippen LogP contribution in [0.3, 0.4) is 0 Å². The number of amides is 4. The third-order valence-electron chi connectivity index (χ3n) is 15.8. The average Bonchev–Trinajstić information content (AvgIpc) is 0.828. The molecule has 6 heterocycles. The Morgan fingerprint density at radius 2 is 0.778 bits per heavy atom. The van der Waals surface area contributed by atoms with Gasteiger partial charge in [-0.3, -0.25) is 19.2 Å². The van der Waals surface area contributed by atoms with Crippen LogP contribution in [0, 0.1) is 0 Å². The molecule has 6 saturated heterocycles. The Balaban J connectivity index is 1.36. The minimum Gasteiger partial charge on any atom is -0.394 e. The summed E-state index contributed by atoms with van der Waals surface area (Å²) in [5.41, 5.74) is 0. The van der Waals surface area contributed by atoms with Gasteiger partial charge in [-0.05, 0) is 0 Å². The fourth-order valence-corrected chi connectivity index (χ4v) is 11.0. The van der Waals surface area contributed by atoms with E-state index in [2.05, 4.69) is 21.3 Å². The van der Waals surface area contributed by atoms with Crippen molar-refractivity contribution in [3.8, 4) is 0 Å². The van der Waals surface area contributed by atoms with Crippen molar-refractivity contribution in [3.05, 3.63) is 0 Å². The minimum absolute atomic E-state index is 0.758. The highest BCUT2D eigenvalue weighted by Crippen LogP contribution is 2.36. The average molecular weight is 1320 g/mol. The first-order valence-electron chi connectivity index (χ1n) is 28.5. The summed E-state index contributed by atoms with van der Waals surface area (Å²) in [7, 11) is 0. The van der Waals surface area contributed by atoms with Crippen LogP contribution < -0.4 is 21.3 Å². The summed E-state index contributed by atoms with van der Waals surface area (Å²) in [5, 5.41) is 227. The molecule has 90 heavy (non-hydrogen) atoms. The van der Waals surface area contributed by atoms with E-state index >= 15 is 0 Å². The Labute approximate surface area is 511 Å². The van der Waals surface area contributed by atoms with Crippen LogP contribution in [-0.4, -0.2) is 387 Å². The number of aliphatic hydroxyl groups is 20. The number of hydrogen-bond acceptors (Lipinski definition) is 36. The lowest BCUT2D eigenvalue weighted by atomic mass is 9.94. The second-order valence-corrected chi connectivity index (χ2v) is 22.4. The van der Waals surface area contributed by atoms with E-state index in [9.17, 15) is 121 Å². The number of aliphatic hydroxyl groups excluding tert-OH is 20. The molecule has 24 N–H and O–H groups in total. The van der Waals surface area contributed by atoms with Gasteiger partial charge in [0.25, 0.3) is 0 Å². The van der Waals surface area contributed by atoms with E-state index in [0.717, 1.165) is 27.7 Å². The van der Waals surface area contributed by atoms with Crippen LogP contribution in [0.2, 0.25) is 0 Å². The molecule has 40 heteroatoms. The Morgan fingerprint density at radius 1 is 0.378 bits per heavy atom. The van der Waals surface area contributed by atoms with Crippen molar-refractivity contribution < 1.29 is 178 Å². The molecule has 34 atom stereocenters. The monoisotopic (exact) mass is 1320 g/mol. The summed E-state index contributed by atoms with van der Waals surface area (Å²) in [6, 6.07) is -6.75. The normalized spacial score (nSPS) is 43.9. The molecular weight excluding hydrogens is 1230 g/mol. The molecule has 0 aromatic carbocycles. The molecule has 4 amide bonds. The summed E-state index contributed by atoms with van der Waals surface area (Å²) in [5.74, 6) is -3.28. The first-order valence-corrected chi connectivity index (χ1v) is 28.5. The lowest BCUT2D eigenvalue weighted by molar-refractivity contribution is -0.387. The Bertz CT molecular complexity index is 2260. The standard InChI is InChI=1S/C50H86N4O36/c1-13(61)51-17(5-55)28(66)41(18(65)6-56)87-47-27(54-16(4)64)36(74)42(22(10-60)84-47)88-49-40(78)43(89-48-39(77)37(75)31(69)21(9-59)83-48)33(71)24(85-49)12-80-50-44(90-46-26(53-15(3)63)35(73)30(68)20(8-58)82-46)38(76)32(70)23(86-50)11-79-45-25(52-14(2)62)34(72)29(67)19(7-57)81-45/h17-50,55-60,65-78H,5-12H2,1-4H3,(H,51,61)(H,52,62)(H,53,63)(H,54,64)/t17-,18+,19+,20+,21+,22+,23+,24+,25+,26+,27+,28+,29+,30+,31+,32+,33+,34+,35+,36+,37-,38-,39-,40-,41+,42+,43-,44-,45+,46-,47-,48+,49-,50-/m0/s1. The molecule has 0 spiro atoms. The van der Waals surface area contributed by atoms with Gasteiger partial charge in [0.15, 0.2) is 37.7 Å². The molecule has 0 saturated carbocycles. The van der Waals surface area contributed by atoms with Crippen molar-refractivity contribution in [2.45, 2.75) is 236 Å². The molecule has 522 valence electrons. The Morgan fingerprint density at radius 3 is 1.28 bits per heavy atom. The largest absolute Gasteiger partial charge is 0.394 e. The smallest absolute Gasteiger partial charge is 0.217 e. The quantitative estimate of drug-likeness (QED) is 0.0363. The summed E-state index contributed by atoms with van der Waals surface area (Å²) in [6.45, 7) is -4.12. The third-order valence-corrected chi connectivity index (χ3v) is 15.8. The summed E-state index contributed by atoms with van der Waals surface area (Å²) in [6.07, 6.45) is -60.6. The van der Waals surface area contributed by atoms with Crippen molar-refractivity contribution >= 4 is 23.6 Å². The van der Waals surface area contributed by atoms with Crippen molar-refractivity contribution in [2.24, 2.45) is 0 Å². The number of carbonyl (C=O) groups is 4. The van der Waals surface area contributed by atoms with Gasteiger partial charge in [0.2, 0.25) is 23.6 Å². The van der Waals surface area contributed by atoms with Gasteiger partial charge in [0, 0.05) is 27.7 Å². The maximum Gasteiger partial charge on any atom is 0.217 e. The molecule has 0 radical (unpaired) electrons. The van der Waals surface area contributed by atoms with E-state index in [-0.39, 0.29) is 0 Å². The highest BCUT2D eigenvalue weighted by atomic mass is 16.8. The zero-order valence-electron chi connectivity index (χ0n) is 48.8. The molecule has 6 aliphatic rings. The van der Waals surface area contributed by atoms with Gasteiger partial charge in [0.1, 0.15) is 165 Å². The topological polar surface area (TPSA) is 632 Å². The van der Waals surface area contributed by atoms with E-state index in [0.29, 0.717) is 0 Å². The van der Waals surface area contributed by atoms with Crippen LogP contribution in [0.5, 0.6) is 0 Å². The van der Waals surface area contributed by atoms with Crippen LogP contribution >= 0.6 is 0 Å². The molecule has 40 nitrogen and oxygen atoms in total. The van der Waals surface area contributed by atoms with E-state index < -0.39 is 285 Å². The van der Waals surface area contributed by atoms with Gasteiger partial charge >= 0.3 is 0 Å². The van der Waals surface area contributed by atoms with Gasteiger partial charge in [-0.2, -0.15) is 0 Å².